The van der Waals surface area contributed by atoms with Gasteiger partial charge in [0.2, 0.25) is 5.95 Å². The van der Waals surface area contributed by atoms with Crippen LogP contribution in [0.15, 0.2) is 6.33 Å². The van der Waals surface area contributed by atoms with Crippen LogP contribution in [-0.4, -0.2) is 62.1 Å². The molecule has 26 heavy (non-hydrogen) atoms. The van der Waals surface area contributed by atoms with E-state index in [2.05, 4.69) is 24.8 Å². The summed E-state index contributed by atoms with van der Waals surface area (Å²) in [6.07, 6.45) is 10.00. The highest BCUT2D eigenvalue weighted by Crippen LogP contribution is 2.33. The largest absolute Gasteiger partial charge is 0.395 e. The monoisotopic (exact) mass is 360 g/mol. The SMILES string of the molecule is OCCNc1nc(N2CCCC2CO)nc2c1ncn2C1CCCCC1. The third-order valence-corrected chi connectivity index (χ3v) is 5.63. The number of nitrogens with one attached hydrogen (secondary N) is 1. The highest BCUT2D eigenvalue weighted by molar-refractivity contribution is 5.84. The Bertz CT molecular complexity index is 743. The lowest BCUT2D eigenvalue weighted by Crippen LogP contribution is -2.33. The number of rotatable bonds is 6. The summed E-state index contributed by atoms with van der Waals surface area (Å²) in [5.41, 5.74) is 1.61. The number of nitrogens with zero attached hydrogens (tertiary/aromatic N) is 5. The summed E-state index contributed by atoms with van der Waals surface area (Å²) in [5, 5.41) is 22.1. The van der Waals surface area contributed by atoms with Gasteiger partial charge in [0.05, 0.1) is 25.6 Å². The van der Waals surface area contributed by atoms with Crippen molar-refractivity contribution in [3.8, 4) is 0 Å². The molecule has 4 rings (SSSR count). The average Bonchev–Trinajstić information content (AvgIpc) is 3.33. The van der Waals surface area contributed by atoms with E-state index in [-0.39, 0.29) is 19.3 Å². The lowest BCUT2D eigenvalue weighted by atomic mass is 9.95. The summed E-state index contributed by atoms with van der Waals surface area (Å²) in [6.45, 7) is 1.43. The Morgan fingerprint density at radius 1 is 1.08 bits per heavy atom. The third kappa shape index (κ3) is 3.23. The molecule has 3 heterocycles. The molecule has 0 radical (unpaired) electrons. The van der Waals surface area contributed by atoms with E-state index in [0.717, 1.165) is 43.4 Å². The molecule has 1 aliphatic heterocycles. The first kappa shape index (κ1) is 17.5. The maximum Gasteiger partial charge on any atom is 0.229 e. The second-order valence-corrected chi connectivity index (χ2v) is 7.31. The summed E-state index contributed by atoms with van der Waals surface area (Å²) in [6, 6.07) is 0.513. The van der Waals surface area contributed by atoms with Gasteiger partial charge in [-0.05, 0) is 25.7 Å². The molecule has 2 aromatic heterocycles. The van der Waals surface area contributed by atoms with Crippen molar-refractivity contribution in [2.75, 3.05) is 36.5 Å². The van der Waals surface area contributed by atoms with Crippen LogP contribution in [0.2, 0.25) is 0 Å². The van der Waals surface area contributed by atoms with Crippen LogP contribution >= 0.6 is 0 Å². The Morgan fingerprint density at radius 2 is 1.92 bits per heavy atom. The van der Waals surface area contributed by atoms with Gasteiger partial charge in [-0.25, -0.2) is 4.98 Å². The topological polar surface area (TPSA) is 99.3 Å². The van der Waals surface area contributed by atoms with E-state index in [9.17, 15) is 10.2 Å². The normalized spacial score (nSPS) is 21.6. The van der Waals surface area contributed by atoms with Gasteiger partial charge in [0, 0.05) is 19.1 Å². The molecule has 8 heteroatoms. The number of aliphatic hydroxyl groups excluding tert-OH is 2. The summed E-state index contributed by atoms with van der Waals surface area (Å²) in [4.78, 5) is 16.2. The van der Waals surface area contributed by atoms with Crippen molar-refractivity contribution in [3.63, 3.8) is 0 Å². The van der Waals surface area contributed by atoms with E-state index in [1.807, 2.05) is 6.33 Å². The van der Waals surface area contributed by atoms with Crippen molar-refractivity contribution >= 4 is 22.9 Å². The molecule has 1 aliphatic carbocycles. The zero-order chi connectivity index (χ0) is 17.9. The van der Waals surface area contributed by atoms with E-state index in [0.29, 0.717) is 24.4 Å². The third-order valence-electron chi connectivity index (χ3n) is 5.63. The van der Waals surface area contributed by atoms with Crippen molar-refractivity contribution in [1.82, 2.24) is 19.5 Å². The fraction of sp³-hybridized carbons (Fsp3) is 0.722. The first-order valence-electron chi connectivity index (χ1n) is 9.78. The van der Waals surface area contributed by atoms with Gasteiger partial charge in [-0.15, -0.1) is 0 Å². The van der Waals surface area contributed by atoms with Gasteiger partial charge in [-0.1, -0.05) is 19.3 Å². The lowest BCUT2D eigenvalue weighted by Gasteiger charge is -2.25. The summed E-state index contributed by atoms with van der Waals surface area (Å²) >= 11 is 0. The van der Waals surface area contributed by atoms with E-state index in [1.54, 1.807) is 0 Å². The van der Waals surface area contributed by atoms with Crippen molar-refractivity contribution in [1.29, 1.82) is 0 Å². The molecule has 2 aromatic rings. The molecule has 1 saturated carbocycles. The van der Waals surface area contributed by atoms with Gasteiger partial charge in [0.15, 0.2) is 17.0 Å². The minimum atomic E-state index is 0.0349. The predicted octanol–water partition coefficient (Wildman–Crippen LogP) is 1.70. The van der Waals surface area contributed by atoms with Crippen molar-refractivity contribution in [3.05, 3.63) is 6.33 Å². The number of aromatic nitrogens is 4. The van der Waals surface area contributed by atoms with E-state index in [1.165, 1.54) is 19.3 Å². The standard InChI is InChI=1S/C18H28N6O2/c25-10-8-19-16-15-17(24(12-20-15)13-5-2-1-3-6-13)22-18(21-16)23-9-4-7-14(23)11-26/h12-14,25-26H,1-11H2,(H,19,21,22). The molecule has 1 saturated heterocycles. The first-order valence-corrected chi connectivity index (χ1v) is 9.78. The maximum atomic E-state index is 9.68. The maximum absolute atomic E-state index is 9.68. The van der Waals surface area contributed by atoms with Gasteiger partial charge < -0.3 is 25.0 Å². The van der Waals surface area contributed by atoms with Crippen molar-refractivity contribution < 1.29 is 10.2 Å². The van der Waals surface area contributed by atoms with Crippen LogP contribution < -0.4 is 10.2 Å². The fourth-order valence-corrected chi connectivity index (χ4v) is 4.25. The van der Waals surface area contributed by atoms with Crippen molar-refractivity contribution in [2.45, 2.75) is 57.0 Å². The minimum absolute atomic E-state index is 0.0349. The van der Waals surface area contributed by atoms with Crippen LogP contribution in [0.4, 0.5) is 11.8 Å². The van der Waals surface area contributed by atoms with E-state index in [4.69, 9.17) is 4.98 Å². The molecule has 2 aliphatic rings. The number of aliphatic hydroxyl groups is 2. The number of anilines is 2. The molecule has 0 amide bonds. The lowest BCUT2D eigenvalue weighted by molar-refractivity contribution is 0.265. The van der Waals surface area contributed by atoms with Crippen LogP contribution in [0.3, 0.4) is 0 Å². The number of fused-ring (bicyclic) bond motifs is 1. The number of imidazole rings is 1. The molecule has 0 spiro atoms. The Balaban J connectivity index is 1.76. The Kier molecular flexibility index (Phi) is 5.21. The molecule has 2 fully saturated rings. The first-order chi connectivity index (χ1) is 12.8. The Labute approximate surface area is 153 Å². The zero-order valence-corrected chi connectivity index (χ0v) is 15.1. The van der Waals surface area contributed by atoms with Crippen LogP contribution in [0.25, 0.3) is 11.2 Å². The number of hydrogen-bond acceptors (Lipinski definition) is 7. The van der Waals surface area contributed by atoms with Crippen LogP contribution in [0.1, 0.15) is 51.0 Å². The van der Waals surface area contributed by atoms with Crippen molar-refractivity contribution in [2.24, 2.45) is 0 Å². The molecule has 0 bridgehead atoms. The van der Waals surface area contributed by atoms with Crippen LogP contribution in [0.5, 0.6) is 0 Å². The molecular formula is C18H28N6O2. The van der Waals surface area contributed by atoms with Gasteiger partial charge in [0.25, 0.3) is 0 Å². The highest BCUT2D eigenvalue weighted by Gasteiger charge is 2.28. The van der Waals surface area contributed by atoms with E-state index < -0.39 is 0 Å². The molecule has 142 valence electrons. The van der Waals surface area contributed by atoms with E-state index >= 15 is 0 Å². The second kappa shape index (κ2) is 7.75. The van der Waals surface area contributed by atoms with Crippen LogP contribution in [0, 0.1) is 0 Å². The quantitative estimate of drug-likeness (QED) is 0.721. The molecular weight excluding hydrogens is 332 g/mol. The Hall–Kier alpha value is -1.93. The fourth-order valence-electron chi connectivity index (χ4n) is 4.25. The molecule has 3 N–H and O–H groups in total. The molecule has 1 atom stereocenters. The minimum Gasteiger partial charge on any atom is -0.395 e. The summed E-state index contributed by atoms with van der Waals surface area (Å²) < 4.78 is 2.20. The summed E-state index contributed by atoms with van der Waals surface area (Å²) in [5.74, 6) is 1.31. The molecule has 1 unspecified atom stereocenters. The van der Waals surface area contributed by atoms with Crippen LogP contribution in [-0.2, 0) is 0 Å². The smallest absolute Gasteiger partial charge is 0.229 e. The second-order valence-electron chi connectivity index (χ2n) is 7.31. The van der Waals surface area contributed by atoms with Gasteiger partial charge in [-0.3, -0.25) is 0 Å². The van der Waals surface area contributed by atoms with Gasteiger partial charge in [-0.2, -0.15) is 9.97 Å². The number of hydrogen-bond donors (Lipinski definition) is 3. The van der Waals surface area contributed by atoms with Gasteiger partial charge in [0.1, 0.15) is 0 Å². The average molecular weight is 360 g/mol. The zero-order valence-electron chi connectivity index (χ0n) is 15.1. The predicted molar refractivity (Wildman–Crippen MR) is 100 cm³/mol. The Morgan fingerprint density at radius 3 is 2.69 bits per heavy atom. The molecule has 8 nitrogen and oxygen atoms in total. The van der Waals surface area contributed by atoms with Gasteiger partial charge >= 0.3 is 0 Å². The summed E-state index contributed by atoms with van der Waals surface area (Å²) in [7, 11) is 0. The molecule has 0 aromatic carbocycles. The highest BCUT2D eigenvalue weighted by atomic mass is 16.3.